The largest absolute Gasteiger partial charge is 0.497 e. The highest BCUT2D eigenvalue weighted by Gasteiger charge is 2.11. The zero-order valence-corrected chi connectivity index (χ0v) is 14.0. The molecule has 2 aromatic rings. The molecule has 0 aliphatic carbocycles. The molecule has 2 N–H and O–H groups in total. The Morgan fingerprint density at radius 1 is 1.00 bits per heavy atom. The SMILES string of the molecule is COc1ccc(CN(C)C(=O)NNC(=O)c2ccc(C)cc2)cc1. The van der Waals surface area contributed by atoms with E-state index in [1.165, 1.54) is 4.90 Å². The monoisotopic (exact) mass is 327 g/mol. The van der Waals surface area contributed by atoms with E-state index in [1.54, 1.807) is 26.3 Å². The first-order valence-electron chi connectivity index (χ1n) is 7.50. The van der Waals surface area contributed by atoms with Crippen LogP contribution in [0.5, 0.6) is 5.75 Å². The maximum Gasteiger partial charge on any atom is 0.336 e. The number of benzene rings is 2. The minimum Gasteiger partial charge on any atom is -0.497 e. The molecule has 6 heteroatoms. The highest BCUT2D eigenvalue weighted by Crippen LogP contribution is 2.12. The van der Waals surface area contributed by atoms with E-state index in [0.717, 1.165) is 16.9 Å². The standard InChI is InChI=1S/C18H21N3O3/c1-13-4-8-15(9-5-13)17(22)19-20-18(23)21(2)12-14-6-10-16(24-3)11-7-14/h4-11H,12H2,1-3H3,(H,19,22)(H,20,23). The van der Waals surface area contributed by atoms with Crippen LogP contribution in [-0.2, 0) is 6.54 Å². The second-order valence-electron chi connectivity index (χ2n) is 5.45. The molecule has 126 valence electrons. The quantitative estimate of drug-likeness (QED) is 0.848. The summed E-state index contributed by atoms with van der Waals surface area (Å²) in [5, 5.41) is 0. The first-order chi connectivity index (χ1) is 11.5. The summed E-state index contributed by atoms with van der Waals surface area (Å²) < 4.78 is 5.10. The molecule has 0 saturated carbocycles. The van der Waals surface area contributed by atoms with Crippen molar-refractivity contribution in [3.63, 3.8) is 0 Å². The van der Waals surface area contributed by atoms with Gasteiger partial charge < -0.3 is 9.64 Å². The zero-order chi connectivity index (χ0) is 17.5. The number of hydrogen-bond donors (Lipinski definition) is 2. The average molecular weight is 327 g/mol. The normalized spacial score (nSPS) is 9.96. The van der Waals surface area contributed by atoms with Gasteiger partial charge in [0.1, 0.15) is 5.75 Å². The Morgan fingerprint density at radius 2 is 1.62 bits per heavy atom. The third kappa shape index (κ3) is 4.74. The predicted molar refractivity (Wildman–Crippen MR) is 91.6 cm³/mol. The number of carbonyl (C=O) groups is 2. The van der Waals surface area contributed by atoms with Gasteiger partial charge in [-0.05, 0) is 36.8 Å². The molecule has 2 rings (SSSR count). The molecule has 24 heavy (non-hydrogen) atoms. The van der Waals surface area contributed by atoms with E-state index in [1.807, 2.05) is 43.3 Å². The number of hydrogen-bond acceptors (Lipinski definition) is 3. The summed E-state index contributed by atoms with van der Waals surface area (Å²) in [6, 6.07) is 14.1. The van der Waals surface area contributed by atoms with Crippen LogP contribution in [0.3, 0.4) is 0 Å². The number of aryl methyl sites for hydroxylation is 1. The Hall–Kier alpha value is -3.02. The molecule has 0 aromatic heterocycles. The lowest BCUT2D eigenvalue weighted by atomic mass is 10.1. The fourth-order valence-corrected chi connectivity index (χ4v) is 2.06. The van der Waals surface area contributed by atoms with Crippen molar-refractivity contribution in [2.45, 2.75) is 13.5 Å². The Kier molecular flexibility index (Phi) is 5.78. The third-order valence-electron chi connectivity index (χ3n) is 3.52. The van der Waals surface area contributed by atoms with Crippen molar-refractivity contribution in [2.75, 3.05) is 14.2 Å². The van der Waals surface area contributed by atoms with E-state index in [0.29, 0.717) is 12.1 Å². The van der Waals surface area contributed by atoms with Crippen LogP contribution < -0.4 is 15.6 Å². The van der Waals surface area contributed by atoms with Gasteiger partial charge in [0.05, 0.1) is 7.11 Å². The number of nitrogens with zero attached hydrogens (tertiary/aromatic N) is 1. The van der Waals surface area contributed by atoms with Crippen molar-refractivity contribution in [3.8, 4) is 5.75 Å². The fourth-order valence-electron chi connectivity index (χ4n) is 2.06. The highest BCUT2D eigenvalue weighted by molar-refractivity contribution is 5.95. The molecule has 0 fully saturated rings. The molecule has 0 aliphatic heterocycles. The van der Waals surface area contributed by atoms with E-state index < -0.39 is 6.03 Å². The van der Waals surface area contributed by atoms with Crippen LogP contribution in [0.2, 0.25) is 0 Å². The Morgan fingerprint density at radius 3 is 2.21 bits per heavy atom. The lowest BCUT2D eigenvalue weighted by Gasteiger charge is -2.18. The number of methoxy groups -OCH3 is 1. The summed E-state index contributed by atoms with van der Waals surface area (Å²) in [6.07, 6.45) is 0. The maximum absolute atomic E-state index is 12.0. The number of ether oxygens (including phenoxy) is 1. The number of carbonyl (C=O) groups excluding carboxylic acids is 2. The lowest BCUT2D eigenvalue weighted by Crippen LogP contribution is -2.47. The van der Waals surface area contributed by atoms with E-state index >= 15 is 0 Å². The van der Waals surface area contributed by atoms with Gasteiger partial charge in [-0.25, -0.2) is 10.2 Å². The fraction of sp³-hybridized carbons (Fsp3) is 0.222. The molecule has 6 nitrogen and oxygen atoms in total. The minimum atomic E-state index is -0.397. The zero-order valence-electron chi connectivity index (χ0n) is 14.0. The molecule has 0 unspecified atom stereocenters. The van der Waals surface area contributed by atoms with Crippen molar-refractivity contribution in [1.29, 1.82) is 0 Å². The number of amides is 3. The number of nitrogens with one attached hydrogen (secondary N) is 2. The van der Waals surface area contributed by atoms with Crippen LogP contribution in [-0.4, -0.2) is 31.0 Å². The van der Waals surface area contributed by atoms with Crippen molar-refractivity contribution >= 4 is 11.9 Å². The molecule has 3 amide bonds. The maximum atomic E-state index is 12.0. The van der Waals surface area contributed by atoms with E-state index in [4.69, 9.17) is 4.74 Å². The summed E-state index contributed by atoms with van der Waals surface area (Å²) >= 11 is 0. The van der Waals surface area contributed by atoms with Crippen LogP contribution in [0.25, 0.3) is 0 Å². The Bertz CT molecular complexity index is 696. The van der Waals surface area contributed by atoms with Crippen LogP contribution in [0.4, 0.5) is 4.79 Å². The van der Waals surface area contributed by atoms with E-state index in [-0.39, 0.29) is 5.91 Å². The summed E-state index contributed by atoms with van der Waals surface area (Å²) in [6.45, 7) is 2.35. The van der Waals surface area contributed by atoms with Gasteiger partial charge in [-0.1, -0.05) is 29.8 Å². The van der Waals surface area contributed by atoms with Crippen LogP contribution >= 0.6 is 0 Å². The molecule has 0 atom stereocenters. The second kappa shape index (κ2) is 8.01. The van der Waals surface area contributed by atoms with Gasteiger partial charge in [0.15, 0.2) is 0 Å². The van der Waals surface area contributed by atoms with Gasteiger partial charge in [-0.3, -0.25) is 10.2 Å². The van der Waals surface area contributed by atoms with Gasteiger partial charge in [0, 0.05) is 19.2 Å². The van der Waals surface area contributed by atoms with Crippen molar-refractivity contribution in [3.05, 3.63) is 65.2 Å². The first kappa shape index (κ1) is 17.3. The van der Waals surface area contributed by atoms with Crippen molar-refractivity contribution in [2.24, 2.45) is 0 Å². The number of rotatable bonds is 4. The molecule has 0 radical (unpaired) electrons. The summed E-state index contributed by atoms with van der Waals surface area (Å²) in [5.41, 5.74) is 7.31. The smallest absolute Gasteiger partial charge is 0.336 e. The molecular weight excluding hydrogens is 306 g/mol. The molecule has 0 aliphatic rings. The molecular formula is C18H21N3O3. The van der Waals surface area contributed by atoms with Crippen molar-refractivity contribution < 1.29 is 14.3 Å². The van der Waals surface area contributed by atoms with Gasteiger partial charge >= 0.3 is 6.03 Å². The molecule has 2 aromatic carbocycles. The van der Waals surface area contributed by atoms with E-state index in [9.17, 15) is 9.59 Å². The van der Waals surface area contributed by atoms with Gasteiger partial charge in [0.2, 0.25) is 0 Å². The van der Waals surface area contributed by atoms with E-state index in [2.05, 4.69) is 10.9 Å². The number of hydrazine groups is 1. The topological polar surface area (TPSA) is 70.7 Å². The molecule has 0 spiro atoms. The minimum absolute atomic E-state index is 0.360. The van der Waals surface area contributed by atoms with Crippen LogP contribution in [0.1, 0.15) is 21.5 Å². The molecule has 0 saturated heterocycles. The van der Waals surface area contributed by atoms with Crippen molar-refractivity contribution in [1.82, 2.24) is 15.8 Å². The molecule has 0 heterocycles. The first-order valence-corrected chi connectivity index (χ1v) is 7.50. The summed E-state index contributed by atoms with van der Waals surface area (Å²) in [4.78, 5) is 25.5. The van der Waals surface area contributed by atoms with Gasteiger partial charge in [-0.2, -0.15) is 0 Å². The number of urea groups is 1. The van der Waals surface area contributed by atoms with Crippen LogP contribution in [0.15, 0.2) is 48.5 Å². The second-order valence-corrected chi connectivity index (χ2v) is 5.45. The predicted octanol–water partition coefficient (Wildman–Crippen LogP) is 2.49. The summed E-state index contributed by atoms with van der Waals surface area (Å²) in [7, 11) is 3.25. The van der Waals surface area contributed by atoms with Gasteiger partial charge in [-0.15, -0.1) is 0 Å². The average Bonchev–Trinajstić information content (AvgIpc) is 2.60. The third-order valence-corrected chi connectivity index (χ3v) is 3.52. The Balaban J connectivity index is 1.84. The summed E-state index contributed by atoms with van der Waals surface area (Å²) in [5.74, 6) is 0.400. The highest BCUT2D eigenvalue weighted by atomic mass is 16.5. The van der Waals surface area contributed by atoms with Gasteiger partial charge in [0.25, 0.3) is 5.91 Å². The lowest BCUT2D eigenvalue weighted by molar-refractivity contribution is 0.0931. The molecule has 0 bridgehead atoms. The van der Waals surface area contributed by atoms with Crippen LogP contribution in [0, 0.1) is 6.92 Å². The Labute approximate surface area is 141 Å².